The van der Waals surface area contributed by atoms with E-state index in [-0.39, 0.29) is 25.0 Å². The van der Waals surface area contributed by atoms with E-state index in [1.165, 1.54) is 23.8 Å². The van der Waals surface area contributed by atoms with Crippen LogP contribution < -0.4 is 4.74 Å². The van der Waals surface area contributed by atoms with E-state index in [4.69, 9.17) is 13.9 Å². The van der Waals surface area contributed by atoms with E-state index in [0.717, 1.165) is 5.76 Å². The number of para-hydroxylation sites is 1. The predicted molar refractivity (Wildman–Crippen MR) is 98.5 cm³/mol. The van der Waals surface area contributed by atoms with Crippen molar-refractivity contribution < 1.29 is 23.5 Å². The van der Waals surface area contributed by atoms with Crippen molar-refractivity contribution in [2.45, 2.75) is 5.75 Å². The SMILES string of the molecule is COCCN1C(=O)C(SCc2ccco2)=C(c2ccccc2OC)C1=O. The molecule has 26 heavy (non-hydrogen) atoms. The van der Waals surface area contributed by atoms with Crippen LogP contribution in [0.25, 0.3) is 5.57 Å². The molecule has 1 aliphatic heterocycles. The van der Waals surface area contributed by atoms with Crippen molar-refractivity contribution in [3.05, 3.63) is 58.9 Å². The summed E-state index contributed by atoms with van der Waals surface area (Å²) in [7, 11) is 3.07. The van der Waals surface area contributed by atoms with Crippen LogP contribution in [-0.2, 0) is 20.1 Å². The number of hydrogen-bond acceptors (Lipinski definition) is 6. The van der Waals surface area contributed by atoms with Crippen LogP contribution in [0.3, 0.4) is 0 Å². The number of thioether (sulfide) groups is 1. The third-order valence-electron chi connectivity index (χ3n) is 3.96. The van der Waals surface area contributed by atoms with Crippen molar-refractivity contribution in [2.75, 3.05) is 27.4 Å². The molecule has 0 bridgehead atoms. The largest absolute Gasteiger partial charge is 0.496 e. The van der Waals surface area contributed by atoms with Gasteiger partial charge in [-0.25, -0.2) is 0 Å². The summed E-state index contributed by atoms with van der Waals surface area (Å²) in [5.74, 6) is 1.09. The summed E-state index contributed by atoms with van der Waals surface area (Å²) in [6, 6.07) is 10.8. The average molecular weight is 373 g/mol. The maximum Gasteiger partial charge on any atom is 0.268 e. The minimum absolute atomic E-state index is 0.206. The molecule has 2 aromatic rings. The normalized spacial score (nSPS) is 14.5. The first-order valence-corrected chi connectivity index (χ1v) is 9.04. The van der Waals surface area contributed by atoms with Crippen LogP contribution in [-0.4, -0.2) is 44.1 Å². The number of methoxy groups -OCH3 is 2. The van der Waals surface area contributed by atoms with E-state index in [1.807, 2.05) is 18.2 Å². The molecule has 6 nitrogen and oxygen atoms in total. The molecule has 0 spiro atoms. The van der Waals surface area contributed by atoms with Crippen LogP contribution in [0.5, 0.6) is 5.75 Å². The third kappa shape index (κ3) is 3.54. The lowest BCUT2D eigenvalue weighted by molar-refractivity contribution is -0.137. The second-order valence-corrected chi connectivity index (χ2v) is 6.51. The molecule has 2 amide bonds. The summed E-state index contributed by atoms with van der Waals surface area (Å²) in [6.45, 7) is 0.491. The van der Waals surface area contributed by atoms with Gasteiger partial charge in [-0.1, -0.05) is 18.2 Å². The molecule has 0 saturated heterocycles. The minimum atomic E-state index is -0.335. The van der Waals surface area contributed by atoms with Gasteiger partial charge in [-0.3, -0.25) is 14.5 Å². The van der Waals surface area contributed by atoms with Gasteiger partial charge in [0.1, 0.15) is 11.5 Å². The van der Waals surface area contributed by atoms with E-state index < -0.39 is 0 Å². The molecule has 0 fully saturated rings. The molecule has 0 N–H and O–H groups in total. The zero-order valence-electron chi connectivity index (χ0n) is 14.6. The second-order valence-electron chi connectivity index (χ2n) is 5.53. The van der Waals surface area contributed by atoms with Crippen LogP contribution in [0.2, 0.25) is 0 Å². The van der Waals surface area contributed by atoms with Crippen molar-refractivity contribution in [3.63, 3.8) is 0 Å². The summed E-state index contributed by atoms with van der Waals surface area (Å²) in [4.78, 5) is 27.4. The first-order chi connectivity index (χ1) is 12.7. The fourth-order valence-corrected chi connectivity index (χ4v) is 3.73. The van der Waals surface area contributed by atoms with Gasteiger partial charge in [0, 0.05) is 12.7 Å². The number of carbonyl (C=O) groups is 2. The third-order valence-corrected chi connectivity index (χ3v) is 5.06. The fraction of sp³-hybridized carbons (Fsp3) is 0.263. The Kier molecular flexibility index (Phi) is 5.80. The van der Waals surface area contributed by atoms with Gasteiger partial charge in [0.2, 0.25) is 0 Å². The molecule has 7 heteroatoms. The Bertz CT molecular complexity index is 828. The Labute approximate surface area is 155 Å². The number of amides is 2. The zero-order valence-corrected chi connectivity index (χ0v) is 15.4. The number of carbonyl (C=O) groups excluding carboxylic acids is 2. The smallest absolute Gasteiger partial charge is 0.268 e. The van der Waals surface area contributed by atoms with Crippen molar-refractivity contribution in [2.24, 2.45) is 0 Å². The van der Waals surface area contributed by atoms with Crippen LogP contribution in [0.15, 0.2) is 52.0 Å². The molecule has 0 unspecified atom stereocenters. The van der Waals surface area contributed by atoms with Gasteiger partial charge in [-0.15, -0.1) is 11.8 Å². The molecule has 0 radical (unpaired) electrons. The van der Waals surface area contributed by atoms with Gasteiger partial charge in [-0.05, 0) is 18.2 Å². The van der Waals surface area contributed by atoms with Crippen LogP contribution in [0.1, 0.15) is 11.3 Å². The minimum Gasteiger partial charge on any atom is -0.496 e. The summed E-state index contributed by atoms with van der Waals surface area (Å²) < 4.78 is 15.8. The predicted octanol–water partition coefficient (Wildman–Crippen LogP) is 2.95. The van der Waals surface area contributed by atoms with E-state index in [2.05, 4.69) is 0 Å². The van der Waals surface area contributed by atoms with E-state index in [0.29, 0.717) is 27.5 Å². The monoisotopic (exact) mass is 373 g/mol. The van der Waals surface area contributed by atoms with Crippen molar-refractivity contribution in [3.8, 4) is 5.75 Å². The van der Waals surface area contributed by atoms with Gasteiger partial charge in [0.25, 0.3) is 11.8 Å². The second kappa shape index (κ2) is 8.25. The number of imide groups is 1. The number of rotatable bonds is 8. The lowest BCUT2D eigenvalue weighted by Gasteiger charge is -2.14. The molecule has 1 aromatic carbocycles. The van der Waals surface area contributed by atoms with E-state index >= 15 is 0 Å². The number of furan rings is 1. The van der Waals surface area contributed by atoms with Crippen molar-refractivity contribution in [1.29, 1.82) is 0 Å². The summed E-state index contributed by atoms with van der Waals surface area (Å²) in [5.41, 5.74) is 0.968. The van der Waals surface area contributed by atoms with Crippen molar-refractivity contribution in [1.82, 2.24) is 4.90 Å². The maximum atomic E-state index is 13.0. The van der Waals surface area contributed by atoms with E-state index in [9.17, 15) is 9.59 Å². The van der Waals surface area contributed by atoms with Gasteiger partial charge < -0.3 is 13.9 Å². The van der Waals surface area contributed by atoms with Gasteiger partial charge >= 0.3 is 0 Å². The average Bonchev–Trinajstić information content (AvgIpc) is 3.25. The standard InChI is InChI=1S/C19H19NO5S/c1-23-11-9-20-18(21)16(14-7-3-4-8-15(14)24-2)17(19(20)22)26-12-13-6-5-10-25-13/h3-8,10H,9,11-12H2,1-2H3. The zero-order chi connectivity index (χ0) is 18.5. The molecule has 3 rings (SSSR count). The lowest BCUT2D eigenvalue weighted by atomic mass is 10.1. The molecule has 1 aliphatic rings. The van der Waals surface area contributed by atoms with Crippen LogP contribution >= 0.6 is 11.8 Å². The van der Waals surface area contributed by atoms with Gasteiger partial charge in [0.05, 0.1) is 42.8 Å². The highest BCUT2D eigenvalue weighted by Crippen LogP contribution is 2.40. The van der Waals surface area contributed by atoms with Gasteiger partial charge in [0.15, 0.2) is 0 Å². The fourth-order valence-electron chi connectivity index (χ4n) is 2.70. The van der Waals surface area contributed by atoms with E-state index in [1.54, 1.807) is 31.6 Å². The number of hydrogen-bond donors (Lipinski definition) is 0. The molecular weight excluding hydrogens is 354 g/mol. The number of ether oxygens (including phenoxy) is 2. The molecule has 1 aromatic heterocycles. The highest BCUT2D eigenvalue weighted by Gasteiger charge is 2.39. The Morgan fingerprint density at radius 2 is 1.88 bits per heavy atom. The molecule has 136 valence electrons. The first kappa shape index (κ1) is 18.3. The lowest BCUT2D eigenvalue weighted by Crippen LogP contribution is -2.34. The molecule has 0 aliphatic carbocycles. The Balaban J connectivity index is 1.99. The Morgan fingerprint density at radius 3 is 2.58 bits per heavy atom. The molecular formula is C19H19NO5S. The highest BCUT2D eigenvalue weighted by molar-refractivity contribution is 8.03. The highest BCUT2D eigenvalue weighted by atomic mass is 32.2. The number of nitrogens with zero attached hydrogens (tertiary/aromatic N) is 1. The topological polar surface area (TPSA) is 69.0 Å². The van der Waals surface area contributed by atoms with Gasteiger partial charge in [-0.2, -0.15) is 0 Å². The van der Waals surface area contributed by atoms with Crippen LogP contribution in [0, 0.1) is 0 Å². The quantitative estimate of drug-likeness (QED) is 0.663. The Hall–Kier alpha value is -2.51. The molecule has 0 saturated carbocycles. The summed E-state index contributed by atoms with van der Waals surface area (Å²) >= 11 is 1.29. The summed E-state index contributed by atoms with van der Waals surface area (Å²) in [6.07, 6.45) is 1.58. The molecule has 0 atom stereocenters. The maximum absolute atomic E-state index is 13.0. The first-order valence-electron chi connectivity index (χ1n) is 8.05. The Morgan fingerprint density at radius 1 is 1.08 bits per heavy atom. The van der Waals surface area contributed by atoms with Crippen molar-refractivity contribution >= 4 is 29.1 Å². The molecule has 2 heterocycles. The number of benzene rings is 1. The summed E-state index contributed by atoms with van der Waals surface area (Å²) in [5, 5.41) is 0. The van der Waals surface area contributed by atoms with Crippen LogP contribution in [0.4, 0.5) is 0 Å².